The number of fused-ring (bicyclic) bond motifs is 2. The molecule has 15 heavy (non-hydrogen) atoms. The van der Waals surface area contributed by atoms with E-state index in [0.29, 0.717) is 0 Å². The maximum atomic E-state index is 2.26. The topological polar surface area (TPSA) is 0 Å². The van der Waals surface area contributed by atoms with Gasteiger partial charge in [0, 0.05) is 4.90 Å². The van der Waals surface area contributed by atoms with Crippen LogP contribution in [0.15, 0.2) is 58.9 Å². The van der Waals surface area contributed by atoms with E-state index in [1.165, 1.54) is 21.2 Å². The Balaban J connectivity index is 2.31. The summed E-state index contributed by atoms with van der Waals surface area (Å²) in [4.78, 5) is 1.33. The van der Waals surface area contributed by atoms with Gasteiger partial charge in [0.1, 0.15) is 0 Å². The smallest absolute Gasteiger partial charge is 0.0195 e. The van der Waals surface area contributed by atoms with E-state index in [-0.39, 0.29) is 0 Å². The zero-order valence-electron chi connectivity index (χ0n) is 8.18. The molecule has 0 saturated carbocycles. The van der Waals surface area contributed by atoms with Crippen LogP contribution in [0.1, 0.15) is 5.56 Å². The average Bonchev–Trinajstić information content (AvgIpc) is 2.50. The molecule has 0 aliphatic carbocycles. The normalized spacial score (nSPS) is 13.9. The first-order chi connectivity index (χ1) is 7.43. The average molecular weight is 210 g/mol. The highest BCUT2D eigenvalue weighted by molar-refractivity contribution is 8.02. The summed E-state index contributed by atoms with van der Waals surface area (Å²) in [6.07, 6.45) is 6.33. The van der Waals surface area contributed by atoms with Crippen molar-refractivity contribution in [2.45, 2.75) is 4.90 Å². The van der Waals surface area contributed by atoms with Crippen LogP contribution < -0.4 is 0 Å². The van der Waals surface area contributed by atoms with E-state index in [2.05, 4.69) is 60.0 Å². The molecular formula is C14H10S. The third-order valence-corrected chi connectivity index (χ3v) is 3.44. The van der Waals surface area contributed by atoms with Crippen LogP contribution in [0.4, 0.5) is 0 Å². The maximum Gasteiger partial charge on any atom is 0.0195 e. The van der Waals surface area contributed by atoms with E-state index >= 15 is 0 Å². The molecule has 3 rings (SSSR count). The third-order valence-electron chi connectivity index (χ3n) is 2.54. The Labute approximate surface area is 93.3 Å². The molecule has 0 fully saturated rings. The molecular weight excluding hydrogens is 200 g/mol. The molecule has 1 aliphatic rings. The van der Waals surface area contributed by atoms with Gasteiger partial charge in [-0.25, -0.2) is 0 Å². The molecule has 0 unspecified atom stereocenters. The number of hydrogen-bond acceptors (Lipinski definition) is 1. The van der Waals surface area contributed by atoms with E-state index in [9.17, 15) is 0 Å². The van der Waals surface area contributed by atoms with Gasteiger partial charge in [0.05, 0.1) is 0 Å². The number of hydrogen-bond donors (Lipinski definition) is 0. The summed E-state index contributed by atoms with van der Waals surface area (Å²) in [5.74, 6) is 0. The molecule has 0 saturated heterocycles. The summed E-state index contributed by atoms with van der Waals surface area (Å²) in [6.45, 7) is 0. The molecule has 0 aromatic heterocycles. The van der Waals surface area contributed by atoms with E-state index < -0.39 is 0 Å². The molecule has 1 heterocycles. The third kappa shape index (κ3) is 1.59. The highest BCUT2D eigenvalue weighted by Crippen LogP contribution is 2.31. The fraction of sp³-hybridized carbons (Fsp3) is 0. The van der Waals surface area contributed by atoms with E-state index in [1.807, 2.05) is 0 Å². The first kappa shape index (κ1) is 8.81. The molecule has 0 radical (unpaired) electrons. The van der Waals surface area contributed by atoms with Crippen LogP contribution in [0.3, 0.4) is 0 Å². The second-order valence-electron chi connectivity index (χ2n) is 3.54. The van der Waals surface area contributed by atoms with Gasteiger partial charge in [-0.1, -0.05) is 54.3 Å². The molecule has 2 aromatic carbocycles. The Morgan fingerprint density at radius 2 is 1.67 bits per heavy atom. The van der Waals surface area contributed by atoms with Crippen molar-refractivity contribution in [2.24, 2.45) is 0 Å². The standard InChI is InChI=1S/C14H10S/c1-2-6-12-10-14-13(9-11(12)5-1)7-3-4-8-15-14/h1-10H. The van der Waals surface area contributed by atoms with Gasteiger partial charge in [-0.15, -0.1) is 0 Å². The molecule has 0 amide bonds. The number of benzene rings is 2. The largest absolute Gasteiger partial charge is 0.0974 e. The van der Waals surface area contributed by atoms with Crippen molar-refractivity contribution < 1.29 is 0 Å². The molecule has 2 aromatic rings. The van der Waals surface area contributed by atoms with Gasteiger partial charge in [-0.3, -0.25) is 0 Å². The quantitative estimate of drug-likeness (QED) is 0.618. The van der Waals surface area contributed by atoms with Gasteiger partial charge in [-0.2, -0.15) is 0 Å². The van der Waals surface area contributed by atoms with Crippen molar-refractivity contribution in [1.82, 2.24) is 0 Å². The van der Waals surface area contributed by atoms with E-state index in [4.69, 9.17) is 0 Å². The van der Waals surface area contributed by atoms with Crippen molar-refractivity contribution in [2.75, 3.05) is 0 Å². The highest BCUT2D eigenvalue weighted by Gasteiger charge is 2.03. The lowest BCUT2D eigenvalue weighted by atomic mass is 10.1. The van der Waals surface area contributed by atoms with Crippen molar-refractivity contribution >= 4 is 28.6 Å². The molecule has 0 atom stereocenters. The Kier molecular flexibility index (Phi) is 2.11. The fourth-order valence-electron chi connectivity index (χ4n) is 1.79. The van der Waals surface area contributed by atoms with Gasteiger partial charge in [-0.05, 0) is 33.9 Å². The van der Waals surface area contributed by atoms with Gasteiger partial charge in [0.25, 0.3) is 0 Å². The number of thioether (sulfide) groups is 1. The van der Waals surface area contributed by atoms with E-state index in [0.717, 1.165) is 0 Å². The van der Waals surface area contributed by atoms with Crippen LogP contribution in [0.25, 0.3) is 16.8 Å². The number of rotatable bonds is 0. The lowest BCUT2D eigenvalue weighted by molar-refractivity contribution is 1.47. The SMILES string of the molecule is C1=CSc2cc3ccccc3cc2C=C1. The second kappa shape index (κ2) is 3.59. The first-order valence-corrected chi connectivity index (χ1v) is 5.84. The van der Waals surface area contributed by atoms with Crippen molar-refractivity contribution in [3.63, 3.8) is 0 Å². The zero-order valence-corrected chi connectivity index (χ0v) is 9.00. The first-order valence-electron chi connectivity index (χ1n) is 4.96. The Hall–Kier alpha value is -1.47. The fourth-order valence-corrected chi connectivity index (χ4v) is 2.56. The van der Waals surface area contributed by atoms with Crippen LogP contribution in [0.5, 0.6) is 0 Å². The van der Waals surface area contributed by atoms with Crippen LogP contribution in [-0.4, -0.2) is 0 Å². The molecule has 1 aliphatic heterocycles. The summed E-state index contributed by atoms with van der Waals surface area (Å²) >= 11 is 1.78. The summed E-state index contributed by atoms with van der Waals surface area (Å²) in [7, 11) is 0. The van der Waals surface area contributed by atoms with Crippen LogP contribution >= 0.6 is 11.8 Å². The summed E-state index contributed by atoms with van der Waals surface area (Å²) in [5, 5.41) is 4.74. The molecule has 0 N–H and O–H groups in total. The second-order valence-corrected chi connectivity index (χ2v) is 4.49. The predicted octanol–water partition coefficient (Wildman–Crippen LogP) is 4.47. The molecule has 0 bridgehead atoms. The van der Waals surface area contributed by atoms with Gasteiger partial charge in [0.2, 0.25) is 0 Å². The minimum absolute atomic E-state index is 1.31. The van der Waals surface area contributed by atoms with Crippen molar-refractivity contribution in [3.05, 3.63) is 59.5 Å². The summed E-state index contributed by atoms with van der Waals surface area (Å²) in [5.41, 5.74) is 1.31. The summed E-state index contributed by atoms with van der Waals surface area (Å²) in [6, 6.07) is 13.0. The van der Waals surface area contributed by atoms with Gasteiger partial charge in [0.15, 0.2) is 0 Å². The molecule has 0 spiro atoms. The molecule has 72 valence electrons. The molecule has 0 nitrogen and oxygen atoms in total. The Morgan fingerprint density at radius 1 is 0.867 bits per heavy atom. The molecule has 1 heteroatoms. The summed E-state index contributed by atoms with van der Waals surface area (Å²) < 4.78 is 0. The Bertz CT molecular complexity index is 565. The van der Waals surface area contributed by atoms with Crippen LogP contribution in [0, 0.1) is 0 Å². The lowest BCUT2D eigenvalue weighted by Crippen LogP contribution is -1.79. The number of allylic oxidation sites excluding steroid dienone is 2. The minimum atomic E-state index is 1.31. The van der Waals surface area contributed by atoms with Crippen molar-refractivity contribution in [1.29, 1.82) is 0 Å². The predicted molar refractivity (Wildman–Crippen MR) is 68.0 cm³/mol. The maximum absolute atomic E-state index is 2.26. The van der Waals surface area contributed by atoms with Gasteiger partial charge < -0.3 is 0 Å². The highest BCUT2D eigenvalue weighted by atomic mass is 32.2. The van der Waals surface area contributed by atoms with Crippen LogP contribution in [0.2, 0.25) is 0 Å². The Morgan fingerprint density at radius 3 is 2.53 bits per heavy atom. The van der Waals surface area contributed by atoms with Gasteiger partial charge >= 0.3 is 0 Å². The lowest BCUT2D eigenvalue weighted by Gasteiger charge is -2.05. The minimum Gasteiger partial charge on any atom is -0.0974 e. The van der Waals surface area contributed by atoms with Crippen LogP contribution in [-0.2, 0) is 0 Å². The van der Waals surface area contributed by atoms with Crippen molar-refractivity contribution in [3.8, 4) is 0 Å². The monoisotopic (exact) mass is 210 g/mol. The van der Waals surface area contributed by atoms with E-state index in [1.54, 1.807) is 11.8 Å². The zero-order chi connectivity index (χ0) is 10.1.